The van der Waals surface area contributed by atoms with Gasteiger partial charge >= 0.3 is 12.3 Å². The van der Waals surface area contributed by atoms with Crippen molar-refractivity contribution in [1.82, 2.24) is 0 Å². The van der Waals surface area contributed by atoms with Crippen LogP contribution in [-0.2, 0) is 18.7 Å². The highest BCUT2D eigenvalue weighted by Gasteiger charge is 2.39. The molecule has 4 aromatic carbocycles. The third-order valence-corrected chi connectivity index (χ3v) is 6.30. The number of ether oxygens (including phenoxy) is 1. The van der Waals surface area contributed by atoms with Gasteiger partial charge in [0.2, 0.25) is 0 Å². The van der Waals surface area contributed by atoms with Gasteiger partial charge in [0.25, 0.3) is 0 Å². The summed E-state index contributed by atoms with van der Waals surface area (Å²) in [5.74, 6) is -3.62. The molecule has 0 aromatic heterocycles. The average molecular weight is 610 g/mol. The minimum Gasteiger partial charge on any atom is -0.429 e. The van der Waals surface area contributed by atoms with Crippen molar-refractivity contribution in [2.24, 2.45) is 0 Å². The Bertz CT molecular complexity index is 1690. The van der Waals surface area contributed by atoms with Crippen LogP contribution in [-0.4, -0.2) is 0 Å². The van der Waals surface area contributed by atoms with Crippen molar-refractivity contribution in [2.75, 3.05) is 0 Å². The quantitative estimate of drug-likeness (QED) is 0.150. The monoisotopic (exact) mass is 610 g/mol. The van der Waals surface area contributed by atoms with Gasteiger partial charge in [0, 0.05) is 17.2 Å². The molecular weight excluding hydrogens is 590 g/mol. The molecule has 0 aliphatic carbocycles. The van der Waals surface area contributed by atoms with Gasteiger partial charge in [0.05, 0.1) is 11.1 Å². The van der Waals surface area contributed by atoms with E-state index in [-0.39, 0.29) is 11.1 Å². The number of alkyl halides is 5. The van der Waals surface area contributed by atoms with E-state index in [2.05, 4.69) is 16.6 Å². The summed E-state index contributed by atoms with van der Waals surface area (Å²) in [6, 6.07) is 9.78. The highest BCUT2D eigenvalue weighted by molar-refractivity contribution is 5.65. The Morgan fingerprint density at radius 1 is 0.674 bits per heavy atom. The van der Waals surface area contributed by atoms with Crippen molar-refractivity contribution < 1.29 is 48.6 Å². The number of benzene rings is 4. The van der Waals surface area contributed by atoms with Crippen molar-refractivity contribution in [1.29, 1.82) is 0 Å². The zero-order valence-corrected chi connectivity index (χ0v) is 22.2. The first-order valence-electron chi connectivity index (χ1n) is 12.7. The van der Waals surface area contributed by atoms with Gasteiger partial charge in [0.1, 0.15) is 40.4 Å². The Kier molecular flexibility index (Phi) is 9.09. The largest absolute Gasteiger partial charge is 0.429 e. The molecule has 224 valence electrons. The second-order valence-corrected chi connectivity index (χ2v) is 9.44. The summed E-state index contributed by atoms with van der Waals surface area (Å²) in [7, 11) is 0. The molecule has 0 amide bonds. The first kappa shape index (κ1) is 31.5. The van der Waals surface area contributed by atoms with Crippen LogP contribution in [0.5, 0.6) is 5.75 Å². The van der Waals surface area contributed by atoms with Gasteiger partial charge < -0.3 is 4.74 Å². The van der Waals surface area contributed by atoms with Crippen LogP contribution in [0.1, 0.15) is 47.6 Å². The smallest absolute Gasteiger partial charge is 0.429 e. The molecule has 0 aliphatic heterocycles. The first-order valence-corrected chi connectivity index (χ1v) is 12.7. The number of aryl methyl sites for hydroxylation is 1. The van der Waals surface area contributed by atoms with E-state index < -0.39 is 69.4 Å². The Labute approximate surface area is 239 Å². The summed E-state index contributed by atoms with van der Waals surface area (Å²) in [5, 5.41) is 0. The maximum atomic E-state index is 14.8. The number of hydrogen-bond donors (Lipinski definition) is 0. The molecule has 0 heterocycles. The summed E-state index contributed by atoms with van der Waals surface area (Å²) in [4.78, 5) is 0. The fourth-order valence-electron chi connectivity index (χ4n) is 4.17. The molecule has 0 fully saturated rings. The van der Waals surface area contributed by atoms with E-state index in [4.69, 9.17) is 0 Å². The maximum absolute atomic E-state index is 14.8. The van der Waals surface area contributed by atoms with Crippen molar-refractivity contribution in [2.45, 2.75) is 38.5 Å². The van der Waals surface area contributed by atoms with Crippen LogP contribution in [0.3, 0.4) is 0 Å². The lowest BCUT2D eigenvalue weighted by molar-refractivity contribution is -0.187. The maximum Gasteiger partial charge on any atom is 0.429 e. The fraction of sp³-hybridized carbons (Fsp3) is 0.188. The molecule has 0 N–H and O–H groups in total. The lowest BCUT2D eigenvalue weighted by Gasteiger charge is -2.19. The molecule has 0 bridgehead atoms. The van der Waals surface area contributed by atoms with E-state index in [1.54, 1.807) is 6.07 Å². The van der Waals surface area contributed by atoms with Crippen LogP contribution in [0, 0.1) is 40.9 Å². The molecular formula is C32H20F10O. The predicted octanol–water partition coefficient (Wildman–Crippen LogP) is 9.94. The molecule has 0 unspecified atom stereocenters. The molecule has 0 radical (unpaired) electrons. The molecule has 1 nitrogen and oxygen atoms in total. The Morgan fingerprint density at radius 2 is 1.37 bits per heavy atom. The first-order chi connectivity index (χ1) is 20.2. The number of hydrogen-bond acceptors (Lipinski definition) is 1. The number of rotatable bonds is 7. The fourth-order valence-corrected chi connectivity index (χ4v) is 4.17. The minimum absolute atomic E-state index is 0.00970. The highest BCUT2D eigenvalue weighted by atomic mass is 19.4. The normalized spacial score (nSPS) is 11.7. The van der Waals surface area contributed by atoms with Gasteiger partial charge in [-0.15, -0.1) is 0 Å². The molecule has 0 aliphatic rings. The van der Waals surface area contributed by atoms with Gasteiger partial charge in [-0.05, 0) is 66.4 Å². The van der Waals surface area contributed by atoms with Crippen LogP contribution in [0.25, 0.3) is 11.1 Å². The molecule has 4 aromatic rings. The van der Waals surface area contributed by atoms with E-state index in [0.717, 1.165) is 42.7 Å². The summed E-state index contributed by atoms with van der Waals surface area (Å²) >= 11 is 0. The topological polar surface area (TPSA) is 9.23 Å². The zero-order valence-electron chi connectivity index (χ0n) is 22.2. The molecule has 0 spiro atoms. The van der Waals surface area contributed by atoms with Crippen molar-refractivity contribution in [3.8, 4) is 28.7 Å². The molecule has 0 saturated heterocycles. The van der Waals surface area contributed by atoms with Crippen molar-refractivity contribution >= 4 is 0 Å². The Balaban J connectivity index is 1.52. The van der Waals surface area contributed by atoms with E-state index in [1.165, 1.54) is 12.1 Å². The zero-order chi connectivity index (χ0) is 31.5. The second kappa shape index (κ2) is 12.4. The SMILES string of the molecule is CCCCc1ccc(-c2ccc(C(F)(F)Oc3ccc(C#Cc4cc(F)c(C(F)(F)F)c(F)c4)c(F)c3)c(F)c2)c(F)c1. The summed E-state index contributed by atoms with van der Waals surface area (Å²) < 4.78 is 144. The van der Waals surface area contributed by atoms with Crippen LogP contribution < -0.4 is 4.74 Å². The van der Waals surface area contributed by atoms with Crippen LogP contribution >= 0.6 is 0 Å². The molecule has 0 saturated carbocycles. The van der Waals surface area contributed by atoms with E-state index in [1.807, 2.05) is 6.92 Å². The molecule has 43 heavy (non-hydrogen) atoms. The van der Waals surface area contributed by atoms with Crippen molar-refractivity contribution in [3.05, 3.63) is 124 Å². The van der Waals surface area contributed by atoms with Gasteiger partial charge in [-0.1, -0.05) is 43.4 Å². The van der Waals surface area contributed by atoms with E-state index in [9.17, 15) is 43.9 Å². The third-order valence-electron chi connectivity index (χ3n) is 6.30. The number of halogens is 10. The summed E-state index contributed by atoms with van der Waals surface area (Å²) in [6.45, 7) is 1.99. The van der Waals surface area contributed by atoms with E-state index in [0.29, 0.717) is 30.7 Å². The van der Waals surface area contributed by atoms with E-state index >= 15 is 0 Å². The summed E-state index contributed by atoms with van der Waals surface area (Å²) in [5.41, 5.74) is -3.55. The summed E-state index contributed by atoms with van der Waals surface area (Å²) in [6.07, 6.45) is -7.17. The molecule has 4 rings (SSSR count). The standard InChI is InChI=1S/C32H20F10O/c1-2-3-4-18-6-11-23(26(34)13-18)21-9-12-24(27(35)16-21)32(41,42)43-22-10-8-20(25(33)17-22)7-5-19-14-28(36)30(29(37)15-19)31(38,39)40/h6,8-17H,2-4H2,1H3. The van der Waals surface area contributed by atoms with Gasteiger partial charge in [-0.3, -0.25) is 0 Å². The average Bonchev–Trinajstić information content (AvgIpc) is 2.90. The second-order valence-electron chi connectivity index (χ2n) is 9.44. The Morgan fingerprint density at radius 3 is 1.95 bits per heavy atom. The molecule has 0 atom stereocenters. The van der Waals surface area contributed by atoms with Crippen LogP contribution in [0.2, 0.25) is 0 Å². The highest BCUT2D eigenvalue weighted by Crippen LogP contribution is 2.36. The van der Waals surface area contributed by atoms with Crippen LogP contribution in [0.15, 0.2) is 66.7 Å². The minimum atomic E-state index is -5.28. The lowest BCUT2D eigenvalue weighted by atomic mass is 9.99. The number of unbranched alkanes of at least 4 members (excludes halogenated alkanes) is 1. The predicted molar refractivity (Wildman–Crippen MR) is 139 cm³/mol. The van der Waals surface area contributed by atoms with Gasteiger partial charge in [0.15, 0.2) is 0 Å². The van der Waals surface area contributed by atoms with Crippen molar-refractivity contribution in [3.63, 3.8) is 0 Å². The molecule has 11 heteroatoms. The van der Waals surface area contributed by atoms with Crippen LogP contribution in [0.4, 0.5) is 43.9 Å². The van der Waals surface area contributed by atoms with Gasteiger partial charge in [-0.2, -0.15) is 22.0 Å². The third kappa shape index (κ3) is 7.31. The Hall–Kier alpha value is -4.46. The lowest BCUT2D eigenvalue weighted by Crippen LogP contribution is -2.23. The van der Waals surface area contributed by atoms with Gasteiger partial charge in [-0.25, -0.2) is 22.0 Å².